The first-order valence-corrected chi connectivity index (χ1v) is 12.8. The maximum atomic E-state index is 12.7. The number of sulfonamides is 1. The molecule has 4 rings (SSSR count). The van der Waals surface area contributed by atoms with Crippen LogP contribution in [0.3, 0.4) is 0 Å². The van der Waals surface area contributed by atoms with Gasteiger partial charge in [-0.05, 0) is 75.0 Å². The van der Waals surface area contributed by atoms with Gasteiger partial charge in [-0.2, -0.15) is 0 Å². The summed E-state index contributed by atoms with van der Waals surface area (Å²) in [6.07, 6.45) is 4.67. The minimum Gasteiger partial charge on any atom is -0.478 e. The van der Waals surface area contributed by atoms with Gasteiger partial charge < -0.3 is 14.9 Å². The number of halogens is 1. The van der Waals surface area contributed by atoms with Gasteiger partial charge in [-0.25, -0.2) is 13.2 Å². The number of aromatic carboxylic acids is 1. The molecule has 1 unspecified atom stereocenters. The van der Waals surface area contributed by atoms with Gasteiger partial charge >= 0.3 is 5.97 Å². The summed E-state index contributed by atoms with van der Waals surface area (Å²) in [6, 6.07) is 10.8. The van der Waals surface area contributed by atoms with E-state index < -0.39 is 16.0 Å². The lowest BCUT2D eigenvalue weighted by molar-refractivity contribution is 0.0697. The van der Waals surface area contributed by atoms with Crippen LogP contribution in [0.1, 0.15) is 36.0 Å². The van der Waals surface area contributed by atoms with E-state index >= 15 is 0 Å². The van der Waals surface area contributed by atoms with Gasteiger partial charge in [0.25, 0.3) is 10.0 Å². The first-order valence-electron chi connectivity index (χ1n) is 11.0. The molecule has 0 aliphatic carbocycles. The monoisotopic (exact) mass is 477 g/mol. The Hall–Kier alpha value is -2.29. The molecule has 0 aromatic heterocycles. The number of carbonyl (C=O) groups is 1. The SMILES string of the molecule is O=C(O)c1cc(NS(=O)(=O)c2ccccc2Cl)ccc1N1CCCC(CN2CCCC2)C1. The standard InChI is InChI=1S/C23H28ClN3O4S/c24-20-7-1-2-8-22(20)32(30,31)25-18-9-10-21(19(14-18)23(28)29)27-13-5-6-17(16-27)15-26-11-3-4-12-26/h1-2,7-10,14,17,25H,3-6,11-13,15-16H2,(H,28,29). The Morgan fingerprint density at radius 1 is 1.09 bits per heavy atom. The molecule has 2 N–H and O–H groups in total. The molecule has 1 atom stereocenters. The quantitative estimate of drug-likeness (QED) is 0.622. The second kappa shape index (κ2) is 9.68. The maximum Gasteiger partial charge on any atom is 0.337 e. The van der Waals surface area contributed by atoms with E-state index in [4.69, 9.17) is 11.6 Å². The normalized spacial score (nSPS) is 19.8. The highest BCUT2D eigenvalue weighted by molar-refractivity contribution is 7.92. The molecule has 0 spiro atoms. The lowest BCUT2D eigenvalue weighted by Gasteiger charge is -2.36. The molecule has 2 heterocycles. The number of anilines is 2. The van der Waals surface area contributed by atoms with E-state index in [2.05, 4.69) is 14.5 Å². The van der Waals surface area contributed by atoms with Crippen molar-refractivity contribution >= 4 is 39.0 Å². The molecular weight excluding hydrogens is 450 g/mol. The molecule has 2 saturated heterocycles. The maximum absolute atomic E-state index is 12.7. The Bertz CT molecular complexity index is 1090. The van der Waals surface area contributed by atoms with Gasteiger partial charge in [-0.15, -0.1) is 0 Å². The van der Waals surface area contributed by atoms with Crippen molar-refractivity contribution in [2.45, 2.75) is 30.6 Å². The molecule has 9 heteroatoms. The first-order chi connectivity index (χ1) is 15.3. The predicted octanol–water partition coefficient (Wildman–Crippen LogP) is 4.15. The zero-order chi connectivity index (χ0) is 22.7. The number of nitrogens with one attached hydrogen (secondary N) is 1. The molecule has 172 valence electrons. The molecule has 7 nitrogen and oxygen atoms in total. The number of carboxylic acids is 1. The van der Waals surface area contributed by atoms with Crippen LogP contribution < -0.4 is 9.62 Å². The summed E-state index contributed by atoms with van der Waals surface area (Å²) in [4.78, 5) is 16.6. The average molecular weight is 478 g/mol. The van der Waals surface area contributed by atoms with Crippen LogP contribution in [0, 0.1) is 5.92 Å². The number of rotatable bonds is 7. The number of hydrogen-bond acceptors (Lipinski definition) is 5. The fraction of sp³-hybridized carbons (Fsp3) is 0.435. The van der Waals surface area contributed by atoms with Crippen LogP contribution in [0.25, 0.3) is 0 Å². The second-order valence-corrected chi connectivity index (χ2v) is 10.6. The summed E-state index contributed by atoms with van der Waals surface area (Å²) < 4.78 is 27.9. The van der Waals surface area contributed by atoms with Crippen molar-refractivity contribution in [1.29, 1.82) is 0 Å². The fourth-order valence-electron chi connectivity index (χ4n) is 4.68. The Morgan fingerprint density at radius 2 is 1.84 bits per heavy atom. The highest BCUT2D eigenvalue weighted by atomic mass is 35.5. The number of piperidine rings is 1. The lowest BCUT2D eigenvalue weighted by atomic mass is 9.96. The molecule has 32 heavy (non-hydrogen) atoms. The number of likely N-dealkylation sites (tertiary alicyclic amines) is 1. The van der Waals surface area contributed by atoms with Crippen LogP contribution >= 0.6 is 11.6 Å². The van der Waals surface area contributed by atoms with Gasteiger partial charge in [0.1, 0.15) is 4.90 Å². The molecule has 0 saturated carbocycles. The lowest BCUT2D eigenvalue weighted by Crippen LogP contribution is -2.41. The van der Waals surface area contributed by atoms with E-state index in [1.54, 1.807) is 24.3 Å². The molecular formula is C23H28ClN3O4S. The van der Waals surface area contributed by atoms with Gasteiger partial charge in [0, 0.05) is 25.3 Å². The Labute approximate surface area is 194 Å². The van der Waals surface area contributed by atoms with Crippen molar-refractivity contribution in [1.82, 2.24) is 4.90 Å². The van der Waals surface area contributed by atoms with E-state index in [0.717, 1.165) is 45.6 Å². The summed E-state index contributed by atoms with van der Waals surface area (Å²) in [5, 5.41) is 9.95. The molecule has 2 aliphatic heterocycles. The fourth-order valence-corrected chi connectivity index (χ4v) is 6.25. The third-order valence-corrected chi connectivity index (χ3v) is 8.06. The number of nitrogens with zero attached hydrogens (tertiary/aromatic N) is 2. The van der Waals surface area contributed by atoms with E-state index in [9.17, 15) is 18.3 Å². The molecule has 0 radical (unpaired) electrons. The molecule has 2 aromatic rings. The molecule has 0 bridgehead atoms. The second-order valence-electron chi connectivity index (χ2n) is 8.53. The highest BCUT2D eigenvalue weighted by Crippen LogP contribution is 2.31. The van der Waals surface area contributed by atoms with Gasteiger partial charge in [0.2, 0.25) is 0 Å². The van der Waals surface area contributed by atoms with Crippen molar-refractivity contribution in [3.8, 4) is 0 Å². The van der Waals surface area contributed by atoms with E-state index in [1.807, 2.05) is 0 Å². The summed E-state index contributed by atoms with van der Waals surface area (Å²) in [5.74, 6) is -0.581. The molecule has 2 fully saturated rings. The minimum absolute atomic E-state index is 0.0524. The number of benzene rings is 2. The van der Waals surface area contributed by atoms with E-state index in [-0.39, 0.29) is 21.2 Å². The molecule has 2 aliphatic rings. The van der Waals surface area contributed by atoms with Crippen LogP contribution in [0.15, 0.2) is 47.4 Å². The molecule has 2 aromatic carbocycles. The first kappa shape index (κ1) is 22.9. The summed E-state index contributed by atoms with van der Waals surface area (Å²) in [7, 11) is -3.94. The van der Waals surface area contributed by atoms with Gasteiger partial charge in [0.05, 0.1) is 16.3 Å². The third kappa shape index (κ3) is 5.19. The largest absolute Gasteiger partial charge is 0.478 e. The Kier molecular flexibility index (Phi) is 6.93. The Morgan fingerprint density at radius 3 is 2.56 bits per heavy atom. The zero-order valence-electron chi connectivity index (χ0n) is 17.8. The number of hydrogen-bond donors (Lipinski definition) is 2. The van der Waals surface area contributed by atoms with Crippen molar-refractivity contribution in [2.75, 3.05) is 42.3 Å². The summed E-state index contributed by atoms with van der Waals surface area (Å²) in [5.41, 5.74) is 0.909. The highest BCUT2D eigenvalue weighted by Gasteiger charge is 2.27. The van der Waals surface area contributed by atoms with E-state index in [1.165, 1.54) is 31.0 Å². The number of carboxylic acid groups (broad SMARTS) is 1. The van der Waals surface area contributed by atoms with Crippen molar-refractivity contribution in [3.05, 3.63) is 53.1 Å². The summed E-state index contributed by atoms with van der Waals surface area (Å²) in [6.45, 7) is 4.95. The smallest absolute Gasteiger partial charge is 0.337 e. The van der Waals surface area contributed by atoms with Crippen molar-refractivity contribution < 1.29 is 18.3 Å². The zero-order valence-corrected chi connectivity index (χ0v) is 19.4. The Balaban J connectivity index is 1.54. The van der Waals surface area contributed by atoms with Crippen LogP contribution in [0.4, 0.5) is 11.4 Å². The molecule has 0 amide bonds. The van der Waals surface area contributed by atoms with Gasteiger partial charge in [0.15, 0.2) is 0 Å². The predicted molar refractivity (Wildman–Crippen MR) is 126 cm³/mol. The van der Waals surface area contributed by atoms with Gasteiger partial charge in [-0.3, -0.25) is 4.72 Å². The van der Waals surface area contributed by atoms with Crippen molar-refractivity contribution in [3.63, 3.8) is 0 Å². The van der Waals surface area contributed by atoms with Gasteiger partial charge in [-0.1, -0.05) is 23.7 Å². The minimum atomic E-state index is -3.94. The van der Waals surface area contributed by atoms with Crippen LogP contribution in [-0.4, -0.2) is 57.1 Å². The topological polar surface area (TPSA) is 89.9 Å². The summed E-state index contributed by atoms with van der Waals surface area (Å²) >= 11 is 6.03. The average Bonchev–Trinajstić information content (AvgIpc) is 3.27. The van der Waals surface area contributed by atoms with E-state index in [0.29, 0.717) is 11.6 Å². The third-order valence-electron chi connectivity index (χ3n) is 6.18. The van der Waals surface area contributed by atoms with Crippen LogP contribution in [0.2, 0.25) is 5.02 Å². The van der Waals surface area contributed by atoms with Crippen LogP contribution in [-0.2, 0) is 10.0 Å². The van der Waals surface area contributed by atoms with Crippen LogP contribution in [0.5, 0.6) is 0 Å². The van der Waals surface area contributed by atoms with Crippen molar-refractivity contribution in [2.24, 2.45) is 5.92 Å².